The van der Waals surface area contributed by atoms with Gasteiger partial charge in [-0.25, -0.2) is 9.78 Å². The first-order chi connectivity index (χ1) is 14.5. The van der Waals surface area contributed by atoms with Crippen molar-refractivity contribution >= 4 is 35.2 Å². The van der Waals surface area contributed by atoms with Crippen LogP contribution in [-0.2, 0) is 37.8 Å². The van der Waals surface area contributed by atoms with Crippen molar-refractivity contribution in [3.63, 3.8) is 0 Å². The molecule has 0 amide bonds. The third kappa shape index (κ3) is 2.94. The molecule has 4 heterocycles. The number of carbonyl (C=O) groups excluding carboxylic acids is 2. The molecule has 2 aliphatic heterocycles. The van der Waals surface area contributed by atoms with Crippen LogP contribution in [0.4, 0.5) is 0 Å². The smallest absolute Gasteiger partial charge is 0.355 e. The van der Waals surface area contributed by atoms with E-state index in [2.05, 4.69) is 0 Å². The Hall–Kier alpha value is -3.23. The SMILES string of the molecule is CC[C@@]1(OC(=O)CN)C(=O)OCc2c1cc1n(c2=O)Cc2cc3ccccc3nc2-1.Cl. The van der Waals surface area contributed by atoms with Gasteiger partial charge in [-0.1, -0.05) is 25.1 Å². The van der Waals surface area contributed by atoms with Gasteiger partial charge in [-0.05, 0) is 24.6 Å². The molecule has 31 heavy (non-hydrogen) atoms. The van der Waals surface area contributed by atoms with Crippen LogP contribution in [0.15, 0.2) is 41.2 Å². The molecule has 2 aromatic heterocycles. The van der Waals surface area contributed by atoms with Crippen molar-refractivity contribution in [2.75, 3.05) is 6.54 Å². The zero-order valence-corrected chi connectivity index (χ0v) is 17.5. The van der Waals surface area contributed by atoms with Crippen molar-refractivity contribution in [1.82, 2.24) is 9.55 Å². The number of nitrogens with two attached hydrogens (primary N) is 1. The highest BCUT2D eigenvalue weighted by Crippen LogP contribution is 2.40. The van der Waals surface area contributed by atoms with Crippen LogP contribution in [0.1, 0.15) is 30.0 Å². The van der Waals surface area contributed by atoms with Crippen LogP contribution in [0.5, 0.6) is 0 Å². The first-order valence-corrected chi connectivity index (χ1v) is 9.74. The number of halogens is 1. The predicted molar refractivity (Wildman–Crippen MR) is 115 cm³/mol. The zero-order chi connectivity index (χ0) is 21.0. The monoisotopic (exact) mass is 441 g/mol. The van der Waals surface area contributed by atoms with E-state index in [4.69, 9.17) is 20.2 Å². The molecule has 0 aliphatic carbocycles. The van der Waals surface area contributed by atoms with Crippen molar-refractivity contribution in [2.45, 2.75) is 32.1 Å². The lowest BCUT2D eigenvalue weighted by molar-refractivity contribution is -0.188. The number of para-hydroxylation sites is 1. The first-order valence-electron chi connectivity index (χ1n) is 9.74. The lowest BCUT2D eigenvalue weighted by Gasteiger charge is -2.35. The summed E-state index contributed by atoms with van der Waals surface area (Å²) in [5, 5.41) is 0.986. The fourth-order valence-corrected chi connectivity index (χ4v) is 4.32. The first kappa shape index (κ1) is 21.0. The number of rotatable bonds is 3. The molecule has 8 nitrogen and oxygen atoms in total. The average Bonchev–Trinajstić information content (AvgIpc) is 3.12. The van der Waals surface area contributed by atoms with Crippen LogP contribution in [0.25, 0.3) is 22.3 Å². The van der Waals surface area contributed by atoms with Gasteiger partial charge in [0.2, 0.25) is 5.60 Å². The number of hydrogen-bond donors (Lipinski definition) is 1. The van der Waals surface area contributed by atoms with E-state index in [-0.39, 0.29) is 37.5 Å². The molecule has 2 aliphatic rings. The molecular formula is C22H20ClN3O5. The summed E-state index contributed by atoms with van der Waals surface area (Å²) in [6, 6.07) is 11.5. The summed E-state index contributed by atoms with van der Waals surface area (Å²) in [5.74, 6) is -1.44. The van der Waals surface area contributed by atoms with Gasteiger partial charge in [-0.3, -0.25) is 9.59 Å². The lowest BCUT2D eigenvalue weighted by atomic mass is 9.85. The maximum atomic E-state index is 13.3. The van der Waals surface area contributed by atoms with Crippen LogP contribution in [0.2, 0.25) is 0 Å². The van der Waals surface area contributed by atoms with Crippen molar-refractivity contribution in [1.29, 1.82) is 0 Å². The fourth-order valence-electron chi connectivity index (χ4n) is 4.32. The van der Waals surface area contributed by atoms with E-state index in [0.29, 0.717) is 29.1 Å². The number of benzene rings is 1. The summed E-state index contributed by atoms with van der Waals surface area (Å²) in [7, 11) is 0. The second-order valence-corrected chi connectivity index (χ2v) is 7.44. The molecule has 5 rings (SSSR count). The Balaban J connectivity index is 0.00000231. The summed E-state index contributed by atoms with van der Waals surface area (Å²) in [5.41, 5.74) is 7.09. The molecule has 0 saturated heterocycles. The van der Waals surface area contributed by atoms with Crippen molar-refractivity contribution < 1.29 is 19.1 Å². The highest BCUT2D eigenvalue weighted by molar-refractivity contribution is 5.88. The van der Waals surface area contributed by atoms with Gasteiger partial charge in [-0.2, -0.15) is 0 Å². The van der Waals surface area contributed by atoms with Crippen molar-refractivity contribution in [2.24, 2.45) is 5.73 Å². The number of hydrogen-bond acceptors (Lipinski definition) is 7. The number of nitrogens with zero attached hydrogens (tertiary/aromatic N) is 2. The number of carbonyl (C=O) groups is 2. The topological polar surface area (TPSA) is 114 Å². The minimum Gasteiger partial charge on any atom is -0.457 e. The second-order valence-electron chi connectivity index (χ2n) is 7.44. The van der Waals surface area contributed by atoms with E-state index in [1.807, 2.05) is 30.3 Å². The highest BCUT2D eigenvalue weighted by Gasteiger charge is 2.50. The van der Waals surface area contributed by atoms with Crippen molar-refractivity contribution in [3.05, 3.63) is 63.4 Å². The predicted octanol–water partition coefficient (Wildman–Crippen LogP) is 2.01. The second kappa shape index (κ2) is 7.47. The molecule has 9 heteroatoms. The molecule has 0 bridgehead atoms. The molecule has 2 N–H and O–H groups in total. The average molecular weight is 442 g/mol. The summed E-state index contributed by atoms with van der Waals surface area (Å²) in [6.07, 6.45) is 0.117. The van der Waals surface area contributed by atoms with Crippen molar-refractivity contribution in [3.8, 4) is 11.4 Å². The molecule has 0 fully saturated rings. The molecule has 0 saturated carbocycles. The standard InChI is InChI=1S/C22H19N3O5.ClH/c1-2-22(30-18(26)9-23)15-8-17-19-13(7-12-5-3-4-6-16(12)24-19)10-25(17)20(27)14(15)11-29-21(22)28;/h3-8H,2,9-11,23H2,1H3;1H/t22-;/m0./s1. The Morgan fingerprint density at radius 2 is 2.06 bits per heavy atom. The maximum absolute atomic E-state index is 13.3. The summed E-state index contributed by atoms with van der Waals surface area (Å²) in [6.45, 7) is 1.53. The Bertz CT molecular complexity index is 1300. The Morgan fingerprint density at radius 3 is 2.81 bits per heavy atom. The minimum absolute atomic E-state index is 0. The Kier molecular flexibility index (Phi) is 5.07. The third-order valence-corrected chi connectivity index (χ3v) is 5.84. The lowest BCUT2D eigenvalue weighted by Crippen LogP contribution is -2.48. The number of esters is 2. The van der Waals surface area contributed by atoms with E-state index in [9.17, 15) is 14.4 Å². The normalized spacial score (nSPS) is 18.5. The van der Waals surface area contributed by atoms with E-state index in [1.165, 1.54) is 0 Å². The highest BCUT2D eigenvalue weighted by atomic mass is 35.5. The Morgan fingerprint density at radius 1 is 1.29 bits per heavy atom. The number of pyridine rings is 2. The number of fused-ring (bicyclic) bond motifs is 5. The van der Waals surface area contributed by atoms with E-state index >= 15 is 0 Å². The van der Waals surface area contributed by atoms with Crippen LogP contribution in [0.3, 0.4) is 0 Å². The largest absolute Gasteiger partial charge is 0.457 e. The van der Waals surface area contributed by atoms with Gasteiger partial charge in [-0.15, -0.1) is 12.4 Å². The summed E-state index contributed by atoms with van der Waals surface area (Å²) < 4.78 is 12.4. The van der Waals surface area contributed by atoms with Crippen LogP contribution in [-0.4, -0.2) is 28.0 Å². The minimum atomic E-state index is -1.70. The number of aromatic nitrogens is 2. The molecule has 0 radical (unpaired) electrons. The zero-order valence-electron chi connectivity index (χ0n) is 16.7. The maximum Gasteiger partial charge on any atom is 0.355 e. The Labute approximate surface area is 183 Å². The van der Waals surface area contributed by atoms with Crippen LogP contribution >= 0.6 is 12.4 Å². The van der Waals surface area contributed by atoms with Crippen LogP contribution < -0.4 is 11.3 Å². The molecule has 1 aromatic carbocycles. The van der Waals surface area contributed by atoms with Gasteiger partial charge in [0.25, 0.3) is 5.56 Å². The molecule has 0 spiro atoms. The number of ether oxygens (including phenoxy) is 2. The van der Waals surface area contributed by atoms with Gasteiger partial charge in [0.1, 0.15) is 6.61 Å². The molecule has 0 unspecified atom stereocenters. The van der Waals surface area contributed by atoms with Gasteiger partial charge in [0, 0.05) is 16.5 Å². The summed E-state index contributed by atoms with van der Waals surface area (Å²) in [4.78, 5) is 42.8. The van der Waals surface area contributed by atoms with Gasteiger partial charge in [0.05, 0.1) is 35.6 Å². The van der Waals surface area contributed by atoms with E-state index in [0.717, 1.165) is 16.5 Å². The molecule has 160 valence electrons. The quantitative estimate of drug-likeness (QED) is 0.484. The molecule has 3 aromatic rings. The fraction of sp³-hybridized carbons (Fsp3) is 0.273. The van der Waals surface area contributed by atoms with Crippen LogP contribution in [0, 0.1) is 0 Å². The molecular weight excluding hydrogens is 422 g/mol. The van der Waals surface area contributed by atoms with Gasteiger partial charge in [0.15, 0.2) is 0 Å². The molecule has 1 atom stereocenters. The number of cyclic esters (lactones) is 1. The van der Waals surface area contributed by atoms with E-state index < -0.39 is 17.5 Å². The summed E-state index contributed by atoms with van der Waals surface area (Å²) >= 11 is 0. The van der Waals surface area contributed by atoms with E-state index in [1.54, 1.807) is 17.6 Å². The third-order valence-electron chi connectivity index (χ3n) is 5.84. The van der Waals surface area contributed by atoms with Gasteiger partial charge < -0.3 is 19.8 Å². The van der Waals surface area contributed by atoms with Gasteiger partial charge >= 0.3 is 11.9 Å².